The fourth-order valence-electron chi connectivity index (χ4n) is 4.44. The van der Waals surface area contributed by atoms with Crippen molar-refractivity contribution in [2.24, 2.45) is 13.0 Å². The average Bonchev–Trinajstić information content (AvgIpc) is 3.27. The lowest BCUT2D eigenvalue weighted by Crippen LogP contribution is -2.40. The van der Waals surface area contributed by atoms with Gasteiger partial charge in [-0.1, -0.05) is 6.92 Å². The predicted molar refractivity (Wildman–Crippen MR) is 104 cm³/mol. The number of carbonyl (C=O) groups is 1. The van der Waals surface area contributed by atoms with Gasteiger partial charge in [0.2, 0.25) is 5.91 Å². The highest BCUT2D eigenvalue weighted by molar-refractivity contribution is 5.75. The topological polar surface area (TPSA) is 53.4 Å². The maximum absolute atomic E-state index is 12.2. The van der Waals surface area contributed by atoms with Crippen molar-refractivity contribution in [3.63, 3.8) is 0 Å². The number of amides is 1. The summed E-state index contributed by atoms with van der Waals surface area (Å²) < 4.78 is 1.87. The van der Waals surface area contributed by atoms with Crippen LogP contribution in [-0.2, 0) is 18.4 Å². The van der Waals surface area contributed by atoms with Crippen LogP contribution in [0.2, 0.25) is 0 Å². The summed E-state index contributed by atoms with van der Waals surface area (Å²) in [7, 11) is 1.97. The minimum atomic E-state index is 0.241. The van der Waals surface area contributed by atoms with E-state index in [0.717, 1.165) is 39.1 Å². The molecule has 6 nitrogen and oxygen atoms in total. The number of likely N-dealkylation sites (tertiary alicyclic amines) is 2. The van der Waals surface area contributed by atoms with Crippen LogP contribution >= 0.6 is 0 Å². The molecule has 1 amide bonds. The second kappa shape index (κ2) is 9.51. The number of hydrogen-bond acceptors (Lipinski definition) is 4. The molecule has 1 aromatic heterocycles. The smallest absolute Gasteiger partial charge is 0.220 e. The number of nitrogens with one attached hydrogen (secondary N) is 1. The molecule has 6 heteroatoms. The Morgan fingerprint density at radius 3 is 2.77 bits per heavy atom. The molecule has 146 valence electrons. The quantitative estimate of drug-likeness (QED) is 0.770. The van der Waals surface area contributed by atoms with Crippen LogP contribution in [0.5, 0.6) is 0 Å². The molecule has 2 aliphatic rings. The zero-order valence-corrected chi connectivity index (χ0v) is 16.5. The first-order chi connectivity index (χ1) is 12.6. The molecule has 0 spiro atoms. The molecule has 2 fully saturated rings. The molecule has 0 radical (unpaired) electrons. The summed E-state index contributed by atoms with van der Waals surface area (Å²) in [6.45, 7) is 8.59. The lowest BCUT2D eigenvalue weighted by Gasteiger charge is -2.31. The van der Waals surface area contributed by atoms with Gasteiger partial charge < -0.3 is 5.32 Å². The van der Waals surface area contributed by atoms with Gasteiger partial charge in [0.1, 0.15) is 0 Å². The van der Waals surface area contributed by atoms with Crippen molar-refractivity contribution >= 4 is 5.91 Å². The molecule has 0 saturated carbocycles. The molecule has 26 heavy (non-hydrogen) atoms. The maximum Gasteiger partial charge on any atom is 0.220 e. The first-order valence-electron chi connectivity index (χ1n) is 10.3. The Hall–Kier alpha value is -1.40. The molecule has 3 heterocycles. The van der Waals surface area contributed by atoms with Crippen LogP contribution in [0.4, 0.5) is 0 Å². The third-order valence-corrected chi connectivity index (χ3v) is 6.09. The van der Waals surface area contributed by atoms with E-state index in [9.17, 15) is 4.79 Å². The van der Waals surface area contributed by atoms with Gasteiger partial charge in [0.25, 0.3) is 0 Å². The Morgan fingerprint density at radius 1 is 1.27 bits per heavy atom. The fraction of sp³-hybridized carbons (Fsp3) is 0.800. The van der Waals surface area contributed by atoms with E-state index in [0.29, 0.717) is 18.4 Å². The van der Waals surface area contributed by atoms with Crippen molar-refractivity contribution in [1.82, 2.24) is 24.9 Å². The molecular formula is C20H35N5O. The molecule has 1 N–H and O–H groups in total. The number of carbonyl (C=O) groups excluding carboxylic acids is 1. The van der Waals surface area contributed by atoms with Crippen LogP contribution in [0.1, 0.15) is 51.0 Å². The summed E-state index contributed by atoms with van der Waals surface area (Å²) in [5.41, 5.74) is 1.29. The van der Waals surface area contributed by atoms with Gasteiger partial charge in [-0.05, 0) is 64.2 Å². The Kier molecular flexibility index (Phi) is 7.08. The van der Waals surface area contributed by atoms with Crippen molar-refractivity contribution in [1.29, 1.82) is 0 Å². The summed E-state index contributed by atoms with van der Waals surface area (Å²) in [5, 5.41) is 7.42. The van der Waals surface area contributed by atoms with Gasteiger partial charge in [0, 0.05) is 44.4 Å². The molecule has 0 aromatic carbocycles. The van der Waals surface area contributed by atoms with E-state index in [4.69, 9.17) is 0 Å². The number of aryl methyl sites for hydroxylation is 1. The minimum Gasteiger partial charge on any atom is -0.355 e. The van der Waals surface area contributed by atoms with Crippen molar-refractivity contribution in [2.45, 2.75) is 58.0 Å². The number of piperidine rings is 1. The van der Waals surface area contributed by atoms with Crippen LogP contribution in [-0.4, -0.2) is 64.3 Å². The Bertz CT molecular complexity index is 564. The summed E-state index contributed by atoms with van der Waals surface area (Å²) >= 11 is 0. The molecule has 1 unspecified atom stereocenters. The highest BCUT2D eigenvalue weighted by Crippen LogP contribution is 2.23. The van der Waals surface area contributed by atoms with Crippen LogP contribution in [0, 0.1) is 5.92 Å². The summed E-state index contributed by atoms with van der Waals surface area (Å²) in [6, 6.07) is 0.555. The van der Waals surface area contributed by atoms with Crippen LogP contribution < -0.4 is 5.32 Å². The Morgan fingerprint density at radius 2 is 2.08 bits per heavy atom. The van der Waals surface area contributed by atoms with Crippen LogP contribution in [0.15, 0.2) is 12.4 Å². The molecule has 2 saturated heterocycles. The number of aromatic nitrogens is 2. The number of likely N-dealkylation sites (N-methyl/N-ethyl adjacent to an activating group) is 1. The van der Waals surface area contributed by atoms with Crippen molar-refractivity contribution in [3.8, 4) is 0 Å². The normalized spacial score (nSPS) is 22.8. The zero-order chi connectivity index (χ0) is 18.4. The number of rotatable bonds is 8. The molecule has 1 aromatic rings. The van der Waals surface area contributed by atoms with Crippen molar-refractivity contribution in [3.05, 3.63) is 18.0 Å². The van der Waals surface area contributed by atoms with Gasteiger partial charge in [-0.15, -0.1) is 0 Å². The molecule has 1 atom stereocenters. The first-order valence-corrected chi connectivity index (χ1v) is 10.3. The third-order valence-electron chi connectivity index (χ3n) is 6.09. The summed E-state index contributed by atoms with van der Waals surface area (Å²) in [5.74, 6) is 0.940. The fourth-order valence-corrected chi connectivity index (χ4v) is 4.44. The third kappa shape index (κ3) is 5.55. The van der Waals surface area contributed by atoms with E-state index in [1.54, 1.807) is 0 Å². The zero-order valence-electron chi connectivity index (χ0n) is 16.5. The Balaban J connectivity index is 1.29. The molecule has 0 aliphatic carbocycles. The Labute approximate surface area is 157 Å². The highest BCUT2D eigenvalue weighted by Gasteiger charge is 2.24. The minimum absolute atomic E-state index is 0.241. The number of hydrogen-bond donors (Lipinski definition) is 1. The SMILES string of the molecule is CCN1CCCC1CNC(=O)CCC1CCN(Cc2cnn(C)c2)CC1. The monoisotopic (exact) mass is 361 g/mol. The van der Waals surface area contributed by atoms with Crippen molar-refractivity contribution < 1.29 is 4.79 Å². The second-order valence-electron chi connectivity index (χ2n) is 8.01. The van der Waals surface area contributed by atoms with E-state index in [2.05, 4.69) is 33.3 Å². The van der Waals surface area contributed by atoms with Crippen LogP contribution in [0.3, 0.4) is 0 Å². The van der Waals surface area contributed by atoms with Crippen molar-refractivity contribution in [2.75, 3.05) is 32.7 Å². The van der Waals surface area contributed by atoms with E-state index in [1.165, 1.54) is 37.8 Å². The summed E-state index contributed by atoms with van der Waals surface area (Å²) in [6.07, 6.45) is 10.7. The lowest BCUT2D eigenvalue weighted by molar-refractivity contribution is -0.121. The number of nitrogens with zero attached hydrogens (tertiary/aromatic N) is 4. The van der Waals surface area contributed by atoms with Crippen LogP contribution in [0.25, 0.3) is 0 Å². The van der Waals surface area contributed by atoms with Gasteiger partial charge in [-0.2, -0.15) is 5.10 Å². The van der Waals surface area contributed by atoms with Gasteiger partial charge in [-0.3, -0.25) is 19.3 Å². The molecule has 2 aliphatic heterocycles. The standard InChI is InChI=1S/C20H35N5O/c1-3-25-10-4-5-19(25)14-21-20(26)7-6-17-8-11-24(12-9-17)16-18-13-22-23(2)15-18/h13,15,17,19H,3-12,14,16H2,1-2H3,(H,21,26). The average molecular weight is 362 g/mol. The van der Waals surface area contributed by atoms with Gasteiger partial charge in [-0.25, -0.2) is 0 Å². The predicted octanol–water partition coefficient (Wildman–Crippen LogP) is 2.01. The van der Waals surface area contributed by atoms with E-state index >= 15 is 0 Å². The van der Waals surface area contributed by atoms with Gasteiger partial charge >= 0.3 is 0 Å². The summed E-state index contributed by atoms with van der Waals surface area (Å²) in [4.78, 5) is 17.2. The van der Waals surface area contributed by atoms with E-state index < -0.39 is 0 Å². The first kappa shape index (κ1) is 19.4. The molecule has 3 rings (SSSR count). The maximum atomic E-state index is 12.2. The van der Waals surface area contributed by atoms with Gasteiger partial charge in [0.15, 0.2) is 0 Å². The second-order valence-corrected chi connectivity index (χ2v) is 8.01. The molecule has 0 bridgehead atoms. The van der Waals surface area contributed by atoms with E-state index in [1.807, 2.05) is 17.9 Å². The van der Waals surface area contributed by atoms with E-state index in [-0.39, 0.29) is 5.91 Å². The van der Waals surface area contributed by atoms with Gasteiger partial charge in [0.05, 0.1) is 6.20 Å². The molecular weight excluding hydrogens is 326 g/mol. The lowest BCUT2D eigenvalue weighted by atomic mass is 9.92. The highest BCUT2D eigenvalue weighted by atomic mass is 16.1. The largest absolute Gasteiger partial charge is 0.355 e.